The summed E-state index contributed by atoms with van der Waals surface area (Å²) in [6, 6.07) is 14.6. The Morgan fingerprint density at radius 3 is 2.47 bits per heavy atom. The number of carbonyl (C=O) groups is 3. The third kappa shape index (κ3) is 6.81. The minimum atomic E-state index is -0.214. The number of morpholine rings is 1. The number of aryl methyl sites for hydroxylation is 1. The Morgan fingerprint density at radius 2 is 1.72 bits per heavy atom. The second-order valence-corrected chi connectivity index (χ2v) is 7.88. The highest BCUT2D eigenvalue weighted by Gasteiger charge is 2.18. The van der Waals surface area contributed by atoms with E-state index in [1.165, 1.54) is 0 Å². The van der Waals surface area contributed by atoms with Gasteiger partial charge in [0.15, 0.2) is 0 Å². The molecule has 1 heterocycles. The van der Waals surface area contributed by atoms with Crippen molar-refractivity contribution >= 4 is 29.1 Å². The molecule has 1 aliphatic heterocycles. The SMILES string of the molecule is CN(C)C(=O)CCc1cccc(NCC(=O)Nc2cccc(C(=O)N3CCOCC3)c2)c1. The van der Waals surface area contributed by atoms with Crippen LogP contribution < -0.4 is 10.6 Å². The fourth-order valence-corrected chi connectivity index (χ4v) is 3.38. The summed E-state index contributed by atoms with van der Waals surface area (Å²) in [6.45, 7) is 2.31. The Hall–Kier alpha value is -3.39. The highest BCUT2D eigenvalue weighted by molar-refractivity contribution is 5.98. The van der Waals surface area contributed by atoms with E-state index in [2.05, 4.69) is 10.6 Å². The van der Waals surface area contributed by atoms with Crippen LogP contribution in [-0.4, -0.2) is 74.5 Å². The number of anilines is 2. The van der Waals surface area contributed by atoms with Crippen molar-refractivity contribution in [2.75, 3.05) is 57.6 Å². The Labute approximate surface area is 188 Å². The number of benzene rings is 2. The molecule has 1 aliphatic rings. The van der Waals surface area contributed by atoms with Gasteiger partial charge in [0.05, 0.1) is 19.8 Å². The summed E-state index contributed by atoms with van der Waals surface area (Å²) in [5.41, 5.74) is 2.95. The topological polar surface area (TPSA) is 91.0 Å². The molecule has 2 aromatic rings. The van der Waals surface area contributed by atoms with E-state index in [0.717, 1.165) is 11.3 Å². The first-order valence-corrected chi connectivity index (χ1v) is 10.7. The normalized spacial score (nSPS) is 13.4. The average molecular weight is 439 g/mol. The molecule has 8 nitrogen and oxygen atoms in total. The van der Waals surface area contributed by atoms with Gasteiger partial charge < -0.3 is 25.2 Å². The molecular weight excluding hydrogens is 408 g/mol. The number of carbonyl (C=O) groups excluding carboxylic acids is 3. The van der Waals surface area contributed by atoms with Gasteiger partial charge in [0.2, 0.25) is 11.8 Å². The number of hydrogen-bond acceptors (Lipinski definition) is 5. The number of amides is 3. The van der Waals surface area contributed by atoms with Crippen molar-refractivity contribution < 1.29 is 19.1 Å². The third-order valence-electron chi connectivity index (χ3n) is 5.20. The number of ether oxygens (including phenoxy) is 1. The first-order chi connectivity index (χ1) is 15.4. The van der Waals surface area contributed by atoms with Crippen LogP contribution in [0.5, 0.6) is 0 Å². The van der Waals surface area contributed by atoms with Crippen molar-refractivity contribution in [1.29, 1.82) is 0 Å². The van der Waals surface area contributed by atoms with E-state index in [1.54, 1.807) is 48.2 Å². The van der Waals surface area contributed by atoms with Crippen LogP contribution in [0, 0.1) is 0 Å². The molecule has 0 saturated carbocycles. The maximum Gasteiger partial charge on any atom is 0.254 e. The van der Waals surface area contributed by atoms with Gasteiger partial charge in [0, 0.05) is 50.5 Å². The molecule has 0 aromatic heterocycles. The Bertz CT molecular complexity index is 955. The van der Waals surface area contributed by atoms with E-state index >= 15 is 0 Å². The average Bonchev–Trinajstić information content (AvgIpc) is 2.81. The van der Waals surface area contributed by atoms with Crippen LogP contribution in [0.25, 0.3) is 0 Å². The molecule has 0 radical (unpaired) electrons. The maximum absolute atomic E-state index is 12.6. The molecule has 1 fully saturated rings. The van der Waals surface area contributed by atoms with Crippen LogP contribution in [0.15, 0.2) is 48.5 Å². The Morgan fingerprint density at radius 1 is 1.00 bits per heavy atom. The van der Waals surface area contributed by atoms with Crippen LogP contribution in [0.1, 0.15) is 22.3 Å². The van der Waals surface area contributed by atoms with Crippen LogP contribution >= 0.6 is 0 Å². The van der Waals surface area contributed by atoms with E-state index in [1.807, 2.05) is 24.3 Å². The number of rotatable bonds is 8. The molecule has 0 atom stereocenters. The molecule has 2 aromatic carbocycles. The van der Waals surface area contributed by atoms with Crippen molar-refractivity contribution in [2.24, 2.45) is 0 Å². The van der Waals surface area contributed by atoms with Gasteiger partial charge in [-0.05, 0) is 42.3 Å². The first-order valence-electron chi connectivity index (χ1n) is 10.7. The molecule has 170 valence electrons. The van der Waals surface area contributed by atoms with Crippen molar-refractivity contribution in [1.82, 2.24) is 9.80 Å². The molecule has 2 N–H and O–H groups in total. The smallest absolute Gasteiger partial charge is 0.254 e. The van der Waals surface area contributed by atoms with Gasteiger partial charge in [-0.3, -0.25) is 14.4 Å². The lowest BCUT2D eigenvalue weighted by atomic mass is 10.1. The molecule has 0 spiro atoms. The minimum Gasteiger partial charge on any atom is -0.378 e. The lowest BCUT2D eigenvalue weighted by Gasteiger charge is -2.27. The summed E-state index contributed by atoms with van der Waals surface area (Å²) in [4.78, 5) is 40.2. The van der Waals surface area contributed by atoms with Crippen LogP contribution in [0.3, 0.4) is 0 Å². The Balaban J connectivity index is 1.51. The molecule has 0 bridgehead atoms. The maximum atomic E-state index is 12.6. The number of nitrogens with zero attached hydrogens (tertiary/aromatic N) is 2. The van der Waals surface area contributed by atoms with Gasteiger partial charge in [-0.1, -0.05) is 18.2 Å². The largest absolute Gasteiger partial charge is 0.378 e. The zero-order valence-electron chi connectivity index (χ0n) is 18.6. The van der Waals surface area contributed by atoms with Crippen molar-refractivity contribution in [3.8, 4) is 0 Å². The van der Waals surface area contributed by atoms with E-state index in [4.69, 9.17) is 4.74 Å². The van der Waals surface area contributed by atoms with Gasteiger partial charge >= 0.3 is 0 Å². The quantitative estimate of drug-likeness (QED) is 0.660. The molecular formula is C24H30N4O4. The van der Waals surface area contributed by atoms with E-state index in [-0.39, 0.29) is 24.3 Å². The van der Waals surface area contributed by atoms with Crippen molar-refractivity contribution in [2.45, 2.75) is 12.8 Å². The lowest BCUT2D eigenvalue weighted by Crippen LogP contribution is -2.40. The fraction of sp³-hybridized carbons (Fsp3) is 0.375. The van der Waals surface area contributed by atoms with Crippen LogP contribution in [0.2, 0.25) is 0 Å². The molecule has 8 heteroatoms. The monoisotopic (exact) mass is 438 g/mol. The van der Waals surface area contributed by atoms with Gasteiger partial charge in [-0.25, -0.2) is 0 Å². The summed E-state index contributed by atoms with van der Waals surface area (Å²) in [5, 5.41) is 5.94. The zero-order valence-corrected chi connectivity index (χ0v) is 18.6. The Kier molecular flexibility index (Phi) is 8.21. The molecule has 0 aliphatic carbocycles. The molecule has 32 heavy (non-hydrogen) atoms. The molecule has 3 amide bonds. The third-order valence-corrected chi connectivity index (χ3v) is 5.20. The second kappa shape index (κ2) is 11.3. The number of hydrogen-bond donors (Lipinski definition) is 2. The molecule has 0 unspecified atom stereocenters. The fourth-order valence-electron chi connectivity index (χ4n) is 3.38. The van der Waals surface area contributed by atoms with Gasteiger partial charge in [-0.2, -0.15) is 0 Å². The molecule has 1 saturated heterocycles. The highest BCUT2D eigenvalue weighted by atomic mass is 16.5. The number of nitrogens with one attached hydrogen (secondary N) is 2. The van der Waals surface area contributed by atoms with Gasteiger partial charge in [0.1, 0.15) is 0 Å². The summed E-state index contributed by atoms with van der Waals surface area (Å²) >= 11 is 0. The van der Waals surface area contributed by atoms with E-state index in [0.29, 0.717) is 50.4 Å². The predicted molar refractivity (Wildman–Crippen MR) is 124 cm³/mol. The summed E-state index contributed by atoms with van der Waals surface area (Å²) in [6.07, 6.45) is 1.08. The highest BCUT2D eigenvalue weighted by Crippen LogP contribution is 2.15. The van der Waals surface area contributed by atoms with Crippen molar-refractivity contribution in [3.63, 3.8) is 0 Å². The lowest BCUT2D eigenvalue weighted by molar-refractivity contribution is -0.128. The van der Waals surface area contributed by atoms with E-state index < -0.39 is 0 Å². The van der Waals surface area contributed by atoms with Gasteiger partial charge in [-0.15, -0.1) is 0 Å². The van der Waals surface area contributed by atoms with E-state index in [9.17, 15) is 14.4 Å². The summed E-state index contributed by atoms with van der Waals surface area (Å²) < 4.78 is 5.29. The first kappa shape index (κ1) is 23.3. The second-order valence-electron chi connectivity index (χ2n) is 7.88. The van der Waals surface area contributed by atoms with Gasteiger partial charge in [0.25, 0.3) is 5.91 Å². The zero-order chi connectivity index (χ0) is 22.9. The minimum absolute atomic E-state index is 0.0629. The summed E-state index contributed by atoms with van der Waals surface area (Å²) in [7, 11) is 3.49. The van der Waals surface area contributed by atoms with Crippen LogP contribution in [0.4, 0.5) is 11.4 Å². The van der Waals surface area contributed by atoms with Crippen molar-refractivity contribution in [3.05, 3.63) is 59.7 Å². The standard InChI is InChI=1S/C24H30N4O4/c1-27(2)23(30)10-9-18-5-3-7-20(15-18)25-17-22(29)26-21-8-4-6-19(16-21)24(31)28-11-13-32-14-12-28/h3-8,15-16,25H,9-14,17H2,1-2H3,(H,26,29). The van der Waals surface area contributed by atoms with Crippen LogP contribution in [-0.2, 0) is 20.7 Å². The predicted octanol–water partition coefficient (Wildman–Crippen LogP) is 2.23. The summed E-state index contributed by atoms with van der Waals surface area (Å²) in [5.74, 6) is -0.196. The molecule has 3 rings (SSSR count).